The Bertz CT molecular complexity index is 930. The molecule has 3 heteroatoms. The lowest BCUT2D eigenvalue weighted by Gasteiger charge is -2.27. The summed E-state index contributed by atoms with van der Waals surface area (Å²) in [4.78, 5) is 17.2. The molecule has 0 spiro atoms. The van der Waals surface area contributed by atoms with Crippen molar-refractivity contribution in [3.05, 3.63) is 77.0 Å². The highest BCUT2D eigenvalue weighted by molar-refractivity contribution is 6.04. The number of benzene rings is 2. The number of hydrogen-bond donors (Lipinski definition) is 1. The molecule has 1 atom stereocenters. The van der Waals surface area contributed by atoms with E-state index in [1.165, 1.54) is 5.56 Å². The first-order valence-corrected chi connectivity index (χ1v) is 9.12. The quantitative estimate of drug-likeness (QED) is 0.630. The molecule has 0 saturated heterocycles. The zero-order valence-corrected chi connectivity index (χ0v) is 15.7. The van der Waals surface area contributed by atoms with Crippen molar-refractivity contribution in [1.29, 1.82) is 0 Å². The Kier molecular flexibility index (Phi) is 5.08. The van der Waals surface area contributed by atoms with Gasteiger partial charge in [0, 0.05) is 11.3 Å². The number of pyridine rings is 1. The van der Waals surface area contributed by atoms with Gasteiger partial charge in [-0.25, -0.2) is 4.79 Å². The maximum absolute atomic E-state index is 12.2. The second-order valence-corrected chi connectivity index (χ2v) is 7.40. The minimum absolute atomic E-state index is 0.0521. The molecular formula is C23H25NO2. The first kappa shape index (κ1) is 18.1. The number of fused-ring (bicyclic) bond motifs is 1. The molecule has 0 bridgehead atoms. The van der Waals surface area contributed by atoms with Crippen molar-refractivity contribution < 1.29 is 9.90 Å². The molecule has 0 radical (unpaired) electrons. The molecule has 1 aromatic heterocycles. The summed E-state index contributed by atoms with van der Waals surface area (Å²) >= 11 is 0. The first-order chi connectivity index (χ1) is 12.4. The standard InChI is InChI=1S/C23H25NO2/c1-14(2)19(16-10-6-5-7-11-16)22-20(15(3)4)21(23(25)26)17-12-8-9-13-18(17)24-22/h5-15,19H,1-4H3,(H,25,26). The maximum atomic E-state index is 12.2. The van der Waals surface area contributed by atoms with E-state index in [1.807, 2.05) is 56.3 Å². The van der Waals surface area contributed by atoms with E-state index in [0.29, 0.717) is 16.9 Å². The van der Waals surface area contributed by atoms with Gasteiger partial charge in [0.05, 0.1) is 16.8 Å². The molecule has 0 aliphatic heterocycles. The van der Waals surface area contributed by atoms with E-state index in [1.54, 1.807) is 0 Å². The van der Waals surface area contributed by atoms with Crippen LogP contribution in [0.3, 0.4) is 0 Å². The normalized spacial score (nSPS) is 12.7. The van der Waals surface area contributed by atoms with E-state index in [0.717, 1.165) is 16.8 Å². The lowest BCUT2D eigenvalue weighted by molar-refractivity contribution is 0.0697. The highest BCUT2D eigenvalue weighted by atomic mass is 16.4. The van der Waals surface area contributed by atoms with Crippen LogP contribution in [0.15, 0.2) is 54.6 Å². The smallest absolute Gasteiger partial charge is 0.336 e. The summed E-state index contributed by atoms with van der Waals surface area (Å²) in [6.07, 6.45) is 0. The van der Waals surface area contributed by atoms with Gasteiger partial charge < -0.3 is 5.11 Å². The van der Waals surface area contributed by atoms with Crippen molar-refractivity contribution in [3.8, 4) is 0 Å². The number of rotatable bonds is 5. The van der Waals surface area contributed by atoms with Gasteiger partial charge in [-0.3, -0.25) is 4.98 Å². The van der Waals surface area contributed by atoms with Crippen molar-refractivity contribution in [2.45, 2.75) is 39.5 Å². The van der Waals surface area contributed by atoms with E-state index < -0.39 is 5.97 Å². The summed E-state index contributed by atoms with van der Waals surface area (Å²) in [6, 6.07) is 17.8. The summed E-state index contributed by atoms with van der Waals surface area (Å²) in [5, 5.41) is 10.7. The van der Waals surface area contributed by atoms with Gasteiger partial charge in [0.2, 0.25) is 0 Å². The molecule has 1 heterocycles. The number of carboxylic acids is 1. The SMILES string of the molecule is CC(C)c1c(C(c2ccccc2)C(C)C)nc2ccccc2c1C(=O)O. The molecule has 134 valence electrons. The molecular weight excluding hydrogens is 322 g/mol. The van der Waals surface area contributed by atoms with Gasteiger partial charge in [0.25, 0.3) is 0 Å². The molecule has 2 aromatic carbocycles. The number of hydrogen-bond acceptors (Lipinski definition) is 2. The molecule has 1 N–H and O–H groups in total. The Morgan fingerprint density at radius 2 is 1.54 bits per heavy atom. The minimum atomic E-state index is -0.885. The molecule has 3 rings (SSSR count). The average Bonchev–Trinajstić information content (AvgIpc) is 2.61. The van der Waals surface area contributed by atoms with Crippen molar-refractivity contribution in [1.82, 2.24) is 4.98 Å². The van der Waals surface area contributed by atoms with Crippen LogP contribution in [0.1, 0.15) is 66.7 Å². The highest BCUT2D eigenvalue weighted by Gasteiger charge is 2.29. The van der Waals surface area contributed by atoms with Crippen LogP contribution in [-0.4, -0.2) is 16.1 Å². The molecule has 1 unspecified atom stereocenters. The zero-order valence-electron chi connectivity index (χ0n) is 15.7. The third-order valence-electron chi connectivity index (χ3n) is 4.87. The zero-order chi connectivity index (χ0) is 18.8. The third-order valence-corrected chi connectivity index (χ3v) is 4.87. The summed E-state index contributed by atoms with van der Waals surface area (Å²) in [7, 11) is 0. The Morgan fingerprint density at radius 3 is 2.12 bits per heavy atom. The summed E-state index contributed by atoms with van der Waals surface area (Å²) in [5.41, 5.74) is 4.03. The number of aromatic nitrogens is 1. The molecule has 3 nitrogen and oxygen atoms in total. The predicted octanol–water partition coefficient (Wildman–Crippen LogP) is 5.84. The topological polar surface area (TPSA) is 50.2 Å². The van der Waals surface area contributed by atoms with E-state index >= 15 is 0 Å². The van der Waals surface area contributed by atoms with Crippen LogP contribution in [0.25, 0.3) is 10.9 Å². The van der Waals surface area contributed by atoms with Crippen molar-refractivity contribution in [2.75, 3.05) is 0 Å². The molecule has 0 aliphatic carbocycles. The number of nitrogens with zero attached hydrogens (tertiary/aromatic N) is 1. The summed E-state index contributed by atoms with van der Waals surface area (Å²) < 4.78 is 0. The third kappa shape index (κ3) is 3.22. The number of para-hydroxylation sites is 1. The Labute approximate surface area is 154 Å². The van der Waals surface area contributed by atoms with Gasteiger partial charge in [0.1, 0.15) is 0 Å². The lowest BCUT2D eigenvalue weighted by atomic mass is 9.79. The predicted molar refractivity (Wildman–Crippen MR) is 106 cm³/mol. The van der Waals surface area contributed by atoms with Crippen LogP contribution in [0.4, 0.5) is 0 Å². The van der Waals surface area contributed by atoms with Crippen LogP contribution in [0.2, 0.25) is 0 Å². The second kappa shape index (κ2) is 7.28. The average molecular weight is 347 g/mol. The van der Waals surface area contributed by atoms with E-state index in [-0.39, 0.29) is 11.8 Å². The molecule has 3 aromatic rings. The minimum Gasteiger partial charge on any atom is -0.478 e. The van der Waals surface area contributed by atoms with Gasteiger partial charge in [0.15, 0.2) is 0 Å². The molecule has 0 saturated carbocycles. The summed E-state index contributed by atoms with van der Waals surface area (Å²) in [5.74, 6) is -0.469. The Balaban J connectivity index is 2.40. The lowest BCUT2D eigenvalue weighted by Crippen LogP contribution is -2.18. The summed E-state index contributed by atoms with van der Waals surface area (Å²) in [6.45, 7) is 8.42. The van der Waals surface area contributed by atoms with Gasteiger partial charge in [-0.05, 0) is 29.0 Å². The number of aromatic carboxylic acids is 1. The first-order valence-electron chi connectivity index (χ1n) is 9.12. The van der Waals surface area contributed by atoms with E-state index in [4.69, 9.17) is 4.98 Å². The van der Waals surface area contributed by atoms with Crippen molar-refractivity contribution in [2.24, 2.45) is 5.92 Å². The molecule has 0 amide bonds. The molecule has 26 heavy (non-hydrogen) atoms. The number of carboxylic acid groups (broad SMARTS) is 1. The van der Waals surface area contributed by atoms with Crippen LogP contribution >= 0.6 is 0 Å². The monoisotopic (exact) mass is 347 g/mol. The van der Waals surface area contributed by atoms with Gasteiger partial charge in [-0.1, -0.05) is 76.2 Å². The Hall–Kier alpha value is -2.68. The van der Waals surface area contributed by atoms with Crippen LogP contribution in [0, 0.1) is 5.92 Å². The van der Waals surface area contributed by atoms with Crippen molar-refractivity contribution >= 4 is 16.9 Å². The number of carbonyl (C=O) groups is 1. The van der Waals surface area contributed by atoms with Crippen molar-refractivity contribution in [3.63, 3.8) is 0 Å². The Morgan fingerprint density at radius 1 is 0.923 bits per heavy atom. The van der Waals surface area contributed by atoms with Gasteiger partial charge in [-0.2, -0.15) is 0 Å². The van der Waals surface area contributed by atoms with Crippen LogP contribution in [-0.2, 0) is 0 Å². The van der Waals surface area contributed by atoms with Crippen LogP contribution in [0.5, 0.6) is 0 Å². The maximum Gasteiger partial charge on any atom is 0.336 e. The van der Waals surface area contributed by atoms with Crippen LogP contribution < -0.4 is 0 Å². The molecule has 0 fully saturated rings. The fraction of sp³-hybridized carbons (Fsp3) is 0.304. The van der Waals surface area contributed by atoms with E-state index in [2.05, 4.69) is 26.0 Å². The largest absolute Gasteiger partial charge is 0.478 e. The fourth-order valence-electron chi connectivity index (χ4n) is 3.82. The van der Waals surface area contributed by atoms with E-state index in [9.17, 15) is 9.90 Å². The van der Waals surface area contributed by atoms with Gasteiger partial charge in [-0.15, -0.1) is 0 Å². The fourth-order valence-corrected chi connectivity index (χ4v) is 3.82. The van der Waals surface area contributed by atoms with Gasteiger partial charge >= 0.3 is 5.97 Å². The molecule has 0 aliphatic rings. The highest BCUT2D eigenvalue weighted by Crippen LogP contribution is 2.39. The second-order valence-electron chi connectivity index (χ2n) is 7.40.